The number of rotatable bonds is 2. The Morgan fingerprint density at radius 3 is 2.72 bits per heavy atom. The van der Waals surface area contributed by atoms with Gasteiger partial charge in [0.25, 0.3) is 11.1 Å². The minimum Gasteiger partial charge on any atom is -0.503 e. The zero-order chi connectivity index (χ0) is 13.3. The number of nitrogens with one attached hydrogen (secondary N) is 1. The Balaban J connectivity index is 2.41. The number of carbonyl (C=O) groups is 2. The summed E-state index contributed by atoms with van der Waals surface area (Å²) >= 11 is 6.62. The van der Waals surface area contributed by atoms with Gasteiger partial charge in [0.15, 0.2) is 11.5 Å². The van der Waals surface area contributed by atoms with Gasteiger partial charge in [-0.15, -0.1) is 0 Å². The molecule has 0 aliphatic carbocycles. The largest absolute Gasteiger partial charge is 0.503 e. The van der Waals surface area contributed by atoms with Crippen molar-refractivity contribution in [3.63, 3.8) is 0 Å². The third-order valence-electron chi connectivity index (χ3n) is 2.21. The molecule has 1 aromatic rings. The molecule has 18 heavy (non-hydrogen) atoms. The Bertz CT molecular complexity index is 570. The van der Waals surface area contributed by atoms with Crippen LogP contribution < -0.4 is 10.1 Å². The second-order valence-electron chi connectivity index (χ2n) is 3.41. The van der Waals surface area contributed by atoms with Crippen molar-refractivity contribution < 1.29 is 19.4 Å². The molecular weight excluding hydrogens is 278 g/mol. The van der Waals surface area contributed by atoms with Crippen molar-refractivity contribution in [3.05, 3.63) is 27.6 Å². The lowest BCUT2D eigenvalue weighted by molar-refractivity contribution is -0.115. The molecule has 1 saturated heterocycles. The van der Waals surface area contributed by atoms with Crippen molar-refractivity contribution in [2.24, 2.45) is 0 Å². The van der Waals surface area contributed by atoms with Gasteiger partial charge in [-0.3, -0.25) is 14.9 Å². The van der Waals surface area contributed by atoms with Gasteiger partial charge in [-0.2, -0.15) is 0 Å². The smallest absolute Gasteiger partial charge is 0.290 e. The molecule has 1 aliphatic heterocycles. The fourth-order valence-electron chi connectivity index (χ4n) is 1.41. The minimum atomic E-state index is -0.451. The lowest BCUT2D eigenvalue weighted by atomic mass is 10.2. The molecule has 0 saturated carbocycles. The van der Waals surface area contributed by atoms with Crippen LogP contribution in [0.4, 0.5) is 4.79 Å². The summed E-state index contributed by atoms with van der Waals surface area (Å²) in [6, 6.07) is 2.99. The Hall–Kier alpha value is -1.66. The normalized spacial score (nSPS) is 17.1. The molecule has 0 bridgehead atoms. The molecule has 0 spiro atoms. The van der Waals surface area contributed by atoms with Crippen molar-refractivity contribution in [2.75, 3.05) is 7.11 Å². The number of phenolic OH excluding ortho intramolecular Hbond substituents is 1. The number of amides is 2. The number of aromatic hydroxyl groups is 1. The number of thioether (sulfide) groups is 1. The van der Waals surface area contributed by atoms with Gasteiger partial charge in [-0.1, -0.05) is 11.6 Å². The van der Waals surface area contributed by atoms with Gasteiger partial charge in [-0.25, -0.2) is 0 Å². The second kappa shape index (κ2) is 4.91. The van der Waals surface area contributed by atoms with E-state index >= 15 is 0 Å². The van der Waals surface area contributed by atoms with Crippen molar-refractivity contribution in [2.45, 2.75) is 0 Å². The lowest BCUT2D eigenvalue weighted by Gasteiger charge is -2.06. The van der Waals surface area contributed by atoms with Crippen molar-refractivity contribution in [1.29, 1.82) is 0 Å². The molecule has 2 rings (SSSR count). The maximum atomic E-state index is 11.4. The van der Waals surface area contributed by atoms with Gasteiger partial charge in [0.2, 0.25) is 0 Å². The van der Waals surface area contributed by atoms with Crippen LogP contribution in [0, 0.1) is 0 Å². The van der Waals surface area contributed by atoms with E-state index in [2.05, 4.69) is 5.32 Å². The van der Waals surface area contributed by atoms with Gasteiger partial charge < -0.3 is 9.84 Å². The molecule has 0 unspecified atom stereocenters. The minimum absolute atomic E-state index is 0.107. The number of phenols is 1. The number of hydrogen-bond acceptors (Lipinski definition) is 5. The number of ether oxygens (including phenoxy) is 1. The van der Waals surface area contributed by atoms with E-state index in [4.69, 9.17) is 16.3 Å². The summed E-state index contributed by atoms with van der Waals surface area (Å²) in [5.74, 6) is -0.418. The summed E-state index contributed by atoms with van der Waals surface area (Å²) < 4.78 is 4.94. The molecular formula is C11H8ClNO4S. The number of methoxy groups -OCH3 is 1. The molecule has 0 aromatic heterocycles. The maximum Gasteiger partial charge on any atom is 0.290 e. The van der Waals surface area contributed by atoms with Crippen LogP contribution in [0.1, 0.15) is 5.56 Å². The summed E-state index contributed by atoms with van der Waals surface area (Å²) in [4.78, 5) is 22.6. The third kappa shape index (κ3) is 2.44. The summed E-state index contributed by atoms with van der Waals surface area (Å²) in [6.45, 7) is 0. The Morgan fingerprint density at radius 1 is 1.44 bits per heavy atom. The van der Waals surface area contributed by atoms with Gasteiger partial charge >= 0.3 is 0 Å². The van der Waals surface area contributed by atoms with Crippen molar-refractivity contribution >= 4 is 40.6 Å². The Morgan fingerprint density at radius 2 is 2.17 bits per heavy atom. The van der Waals surface area contributed by atoms with Gasteiger partial charge in [0.1, 0.15) is 0 Å². The fourth-order valence-corrected chi connectivity index (χ4v) is 2.31. The lowest BCUT2D eigenvalue weighted by Crippen LogP contribution is -2.17. The van der Waals surface area contributed by atoms with Crippen LogP contribution in [0.5, 0.6) is 11.5 Å². The molecule has 5 nitrogen and oxygen atoms in total. The highest BCUT2D eigenvalue weighted by Gasteiger charge is 2.25. The van der Waals surface area contributed by atoms with E-state index in [-0.39, 0.29) is 21.4 Å². The van der Waals surface area contributed by atoms with Crippen LogP contribution in [0.25, 0.3) is 6.08 Å². The van der Waals surface area contributed by atoms with Crippen LogP contribution in [-0.4, -0.2) is 23.4 Å². The van der Waals surface area contributed by atoms with E-state index in [1.165, 1.54) is 25.3 Å². The highest BCUT2D eigenvalue weighted by Crippen LogP contribution is 2.36. The molecule has 0 radical (unpaired) electrons. The average molecular weight is 286 g/mol. The molecule has 2 N–H and O–H groups in total. The summed E-state index contributed by atoms with van der Waals surface area (Å²) in [6.07, 6.45) is 1.50. The molecule has 1 fully saturated rings. The van der Waals surface area contributed by atoms with Crippen molar-refractivity contribution in [3.8, 4) is 11.5 Å². The molecule has 1 aromatic carbocycles. The van der Waals surface area contributed by atoms with Gasteiger partial charge in [0, 0.05) is 0 Å². The molecule has 1 aliphatic rings. The van der Waals surface area contributed by atoms with E-state index in [9.17, 15) is 14.7 Å². The quantitative estimate of drug-likeness (QED) is 0.816. The average Bonchev–Trinajstić information content (AvgIpc) is 2.62. The first kappa shape index (κ1) is 12.8. The molecule has 0 atom stereocenters. The molecule has 1 heterocycles. The zero-order valence-electron chi connectivity index (χ0n) is 9.19. The predicted octanol–water partition coefficient (Wildman–Crippen LogP) is 2.38. The van der Waals surface area contributed by atoms with E-state index in [1.807, 2.05) is 0 Å². The number of benzene rings is 1. The number of halogens is 1. The van der Waals surface area contributed by atoms with E-state index < -0.39 is 11.1 Å². The monoisotopic (exact) mass is 285 g/mol. The van der Waals surface area contributed by atoms with Crippen LogP contribution in [0.2, 0.25) is 5.02 Å². The summed E-state index contributed by atoms with van der Waals surface area (Å²) in [5.41, 5.74) is 0.557. The van der Waals surface area contributed by atoms with Crippen LogP contribution in [0.15, 0.2) is 17.0 Å². The van der Waals surface area contributed by atoms with Gasteiger partial charge in [-0.05, 0) is 35.5 Å². The standard InChI is InChI=1S/C11H8ClNO4S/c1-17-7-3-5(2-6(12)9(7)14)4-8-10(15)13-11(16)18-8/h2-4,14H,1H3,(H,13,15,16)/b8-4+. The maximum absolute atomic E-state index is 11.4. The first-order valence-electron chi connectivity index (χ1n) is 4.82. The van der Waals surface area contributed by atoms with E-state index in [0.717, 1.165) is 11.8 Å². The Kier molecular flexibility index (Phi) is 3.49. The van der Waals surface area contributed by atoms with Crippen LogP contribution >= 0.6 is 23.4 Å². The van der Waals surface area contributed by atoms with Crippen LogP contribution in [-0.2, 0) is 4.79 Å². The number of carbonyl (C=O) groups excluding carboxylic acids is 2. The number of imide groups is 1. The topological polar surface area (TPSA) is 75.6 Å². The van der Waals surface area contributed by atoms with E-state index in [0.29, 0.717) is 5.56 Å². The van der Waals surface area contributed by atoms with Gasteiger partial charge in [0.05, 0.1) is 17.0 Å². The predicted molar refractivity (Wildman–Crippen MR) is 68.8 cm³/mol. The highest BCUT2D eigenvalue weighted by molar-refractivity contribution is 8.18. The second-order valence-corrected chi connectivity index (χ2v) is 4.83. The third-order valence-corrected chi connectivity index (χ3v) is 3.31. The SMILES string of the molecule is COc1cc(/C=C2/SC(=O)NC2=O)cc(Cl)c1O. The zero-order valence-corrected chi connectivity index (χ0v) is 10.8. The first-order chi connectivity index (χ1) is 8.51. The van der Waals surface area contributed by atoms with E-state index in [1.54, 1.807) is 0 Å². The molecule has 94 valence electrons. The summed E-state index contributed by atoms with van der Waals surface area (Å²) in [5, 5.41) is 11.4. The van der Waals surface area contributed by atoms with Crippen LogP contribution in [0.3, 0.4) is 0 Å². The fraction of sp³-hybridized carbons (Fsp3) is 0.0909. The Labute approximate surface area is 112 Å². The summed E-state index contributed by atoms with van der Waals surface area (Å²) in [7, 11) is 1.39. The van der Waals surface area contributed by atoms with Crippen molar-refractivity contribution in [1.82, 2.24) is 5.32 Å². The highest BCUT2D eigenvalue weighted by atomic mass is 35.5. The molecule has 7 heteroatoms. The molecule has 2 amide bonds. The number of hydrogen-bond donors (Lipinski definition) is 2. The first-order valence-corrected chi connectivity index (χ1v) is 6.02.